The van der Waals surface area contributed by atoms with E-state index in [4.69, 9.17) is 11.6 Å². The summed E-state index contributed by atoms with van der Waals surface area (Å²) in [6.45, 7) is 6.77. The van der Waals surface area contributed by atoms with Crippen LogP contribution in [0.15, 0.2) is 72.8 Å². The van der Waals surface area contributed by atoms with Crippen LogP contribution in [0, 0.1) is 13.8 Å². The number of hydrogen-bond donors (Lipinski definition) is 1. The molecule has 0 spiro atoms. The van der Waals surface area contributed by atoms with Crippen LogP contribution in [0.3, 0.4) is 0 Å². The van der Waals surface area contributed by atoms with E-state index in [-0.39, 0.29) is 18.2 Å². The predicted octanol–water partition coefficient (Wildman–Crippen LogP) is 5.28. The van der Waals surface area contributed by atoms with E-state index in [1.54, 1.807) is 4.90 Å². The molecule has 1 N–H and O–H groups in total. The van der Waals surface area contributed by atoms with Gasteiger partial charge in [-0.05, 0) is 49.6 Å². The highest BCUT2D eigenvalue weighted by Gasteiger charge is 2.30. The van der Waals surface area contributed by atoms with Crippen molar-refractivity contribution in [1.82, 2.24) is 10.2 Å². The molecule has 0 unspecified atom stereocenters. The molecule has 0 heterocycles. The van der Waals surface area contributed by atoms with Crippen LogP contribution in [0.2, 0.25) is 5.02 Å². The van der Waals surface area contributed by atoms with Crippen LogP contribution in [0.1, 0.15) is 34.7 Å². The Hall–Kier alpha value is -3.11. The Labute approximate surface area is 201 Å². The predicted molar refractivity (Wildman–Crippen MR) is 134 cm³/mol. The van der Waals surface area contributed by atoms with Gasteiger partial charge in [-0.1, -0.05) is 83.4 Å². The minimum absolute atomic E-state index is 0.0814. The lowest BCUT2D eigenvalue weighted by atomic mass is 10.0. The summed E-state index contributed by atoms with van der Waals surface area (Å²) in [5.41, 5.74) is 5.12. The number of amides is 2. The van der Waals surface area contributed by atoms with Crippen LogP contribution in [0.4, 0.5) is 0 Å². The Morgan fingerprint density at radius 3 is 2.12 bits per heavy atom. The third-order valence-corrected chi connectivity index (χ3v) is 5.78. The molecule has 172 valence electrons. The average molecular weight is 463 g/mol. The molecule has 3 rings (SSSR count). The van der Waals surface area contributed by atoms with Crippen LogP contribution >= 0.6 is 11.6 Å². The van der Waals surface area contributed by atoms with E-state index in [0.29, 0.717) is 24.5 Å². The topological polar surface area (TPSA) is 49.4 Å². The fourth-order valence-corrected chi connectivity index (χ4v) is 4.21. The quantitative estimate of drug-likeness (QED) is 0.470. The molecular formula is C28H31ClN2O2. The van der Waals surface area contributed by atoms with Crippen molar-refractivity contribution in [2.45, 2.75) is 46.2 Å². The molecule has 0 aliphatic heterocycles. The zero-order valence-corrected chi connectivity index (χ0v) is 20.2. The molecule has 0 aromatic heterocycles. The van der Waals surface area contributed by atoms with Gasteiger partial charge >= 0.3 is 0 Å². The summed E-state index contributed by atoms with van der Waals surface area (Å²) in [4.78, 5) is 28.5. The largest absolute Gasteiger partial charge is 0.355 e. The first-order chi connectivity index (χ1) is 15.9. The molecule has 3 aromatic rings. The summed E-state index contributed by atoms with van der Waals surface area (Å²) < 4.78 is 0. The summed E-state index contributed by atoms with van der Waals surface area (Å²) in [5.74, 6) is -0.230. The van der Waals surface area contributed by atoms with Gasteiger partial charge in [0, 0.05) is 24.5 Å². The molecule has 1 atom stereocenters. The van der Waals surface area contributed by atoms with Gasteiger partial charge in [0.15, 0.2) is 0 Å². The molecule has 0 aliphatic carbocycles. The van der Waals surface area contributed by atoms with Crippen molar-refractivity contribution in [2.75, 3.05) is 6.54 Å². The summed E-state index contributed by atoms with van der Waals surface area (Å²) in [7, 11) is 0. The second-order valence-electron chi connectivity index (χ2n) is 8.42. The second-order valence-corrected chi connectivity index (χ2v) is 8.86. The molecule has 0 saturated carbocycles. The van der Waals surface area contributed by atoms with Crippen molar-refractivity contribution in [3.05, 3.63) is 106 Å². The standard InChI is InChI=1S/C28H31ClN2O2/c1-4-30-28(33)26(17-22-8-6-5-7-9-22)31(19-23-10-12-25(29)13-11-23)27(32)18-24-15-20(2)14-21(3)16-24/h5-16,26H,4,17-19H2,1-3H3,(H,30,33)/t26-/m1/s1. The number of benzene rings is 3. The monoisotopic (exact) mass is 462 g/mol. The average Bonchev–Trinajstić information content (AvgIpc) is 2.77. The number of nitrogens with zero attached hydrogens (tertiary/aromatic N) is 1. The van der Waals surface area contributed by atoms with Gasteiger partial charge in [-0.3, -0.25) is 9.59 Å². The highest BCUT2D eigenvalue weighted by atomic mass is 35.5. The molecule has 0 aliphatic rings. The van der Waals surface area contributed by atoms with Crippen LogP contribution in [-0.4, -0.2) is 29.3 Å². The number of rotatable bonds is 9. The van der Waals surface area contributed by atoms with Gasteiger partial charge in [-0.2, -0.15) is 0 Å². The fourth-order valence-electron chi connectivity index (χ4n) is 4.08. The maximum Gasteiger partial charge on any atom is 0.243 e. The molecule has 0 fully saturated rings. The van der Waals surface area contributed by atoms with Gasteiger partial charge < -0.3 is 10.2 Å². The number of carbonyl (C=O) groups is 2. The smallest absolute Gasteiger partial charge is 0.243 e. The minimum atomic E-state index is -0.624. The summed E-state index contributed by atoms with van der Waals surface area (Å²) in [5, 5.41) is 3.56. The van der Waals surface area contributed by atoms with Crippen molar-refractivity contribution in [2.24, 2.45) is 0 Å². The molecule has 0 saturated heterocycles. The number of hydrogen-bond acceptors (Lipinski definition) is 2. The summed E-state index contributed by atoms with van der Waals surface area (Å²) in [6.07, 6.45) is 0.680. The number of likely N-dealkylation sites (N-methyl/N-ethyl adjacent to an activating group) is 1. The fraction of sp³-hybridized carbons (Fsp3) is 0.286. The molecular weight excluding hydrogens is 432 g/mol. The van der Waals surface area contributed by atoms with E-state index in [0.717, 1.165) is 27.8 Å². The van der Waals surface area contributed by atoms with Crippen molar-refractivity contribution in [3.63, 3.8) is 0 Å². The van der Waals surface area contributed by atoms with Crippen LogP contribution in [0.25, 0.3) is 0 Å². The van der Waals surface area contributed by atoms with E-state index in [1.165, 1.54) is 0 Å². The van der Waals surface area contributed by atoms with Gasteiger partial charge in [0.2, 0.25) is 11.8 Å². The van der Waals surface area contributed by atoms with Crippen molar-refractivity contribution >= 4 is 23.4 Å². The third-order valence-electron chi connectivity index (χ3n) is 5.53. The van der Waals surface area contributed by atoms with E-state index in [2.05, 4.69) is 11.4 Å². The Kier molecular flexibility index (Phi) is 8.67. The normalized spacial score (nSPS) is 11.6. The zero-order chi connectivity index (χ0) is 23.8. The Morgan fingerprint density at radius 1 is 0.879 bits per heavy atom. The summed E-state index contributed by atoms with van der Waals surface area (Å²) >= 11 is 6.06. The van der Waals surface area contributed by atoms with E-state index < -0.39 is 6.04 Å². The molecule has 4 nitrogen and oxygen atoms in total. The van der Waals surface area contributed by atoms with Crippen LogP contribution < -0.4 is 5.32 Å². The maximum absolute atomic E-state index is 13.7. The van der Waals surface area contributed by atoms with Gasteiger partial charge in [0.1, 0.15) is 6.04 Å². The summed E-state index contributed by atoms with van der Waals surface area (Å²) in [6, 6.07) is 22.8. The Bertz CT molecular complexity index is 1060. The molecule has 2 amide bonds. The number of carbonyl (C=O) groups excluding carboxylic acids is 2. The highest BCUT2D eigenvalue weighted by Crippen LogP contribution is 2.19. The lowest BCUT2D eigenvalue weighted by molar-refractivity contribution is -0.140. The SMILES string of the molecule is CCNC(=O)[C@@H](Cc1ccccc1)N(Cc1ccc(Cl)cc1)C(=O)Cc1cc(C)cc(C)c1. The molecule has 3 aromatic carbocycles. The van der Waals surface area contributed by atoms with E-state index >= 15 is 0 Å². The second kappa shape index (κ2) is 11.7. The van der Waals surface area contributed by atoms with Crippen molar-refractivity contribution < 1.29 is 9.59 Å². The number of nitrogens with one attached hydrogen (secondary N) is 1. The van der Waals surface area contributed by atoms with Gasteiger partial charge in [-0.15, -0.1) is 0 Å². The van der Waals surface area contributed by atoms with Crippen LogP contribution in [-0.2, 0) is 29.0 Å². The van der Waals surface area contributed by atoms with E-state index in [9.17, 15) is 9.59 Å². The molecule has 0 bridgehead atoms. The highest BCUT2D eigenvalue weighted by molar-refractivity contribution is 6.30. The zero-order valence-electron chi connectivity index (χ0n) is 19.5. The Balaban J connectivity index is 1.96. The van der Waals surface area contributed by atoms with E-state index in [1.807, 2.05) is 87.5 Å². The van der Waals surface area contributed by atoms with Crippen molar-refractivity contribution in [1.29, 1.82) is 0 Å². The van der Waals surface area contributed by atoms with Crippen molar-refractivity contribution in [3.8, 4) is 0 Å². The Morgan fingerprint density at radius 2 is 1.52 bits per heavy atom. The maximum atomic E-state index is 13.7. The lowest BCUT2D eigenvalue weighted by Crippen LogP contribution is -2.50. The first-order valence-electron chi connectivity index (χ1n) is 11.3. The number of aryl methyl sites for hydroxylation is 2. The first-order valence-corrected chi connectivity index (χ1v) is 11.7. The minimum Gasteiger partial charge on any atom is -0.355 e. The molecule has 5 heteroatoms. The van der Waals surface area contributed by atoms with Crippen LogP contribution in [0.5, 0.6) is 0 Å². The van der Waals surface area contributed by atoms with Gasteiger partial charge in [0.25, 0.3) is 0 Å². The third kappa shape index (κ3) is 7.19. The number of halogens is 1. The lowest BCUT2D eigenvalue weighted by Gasteiger charge is -2.31. The van der Waals surface area contributed by atoms with Gasteiger partial charge in [0.05, 0.1) is 6.42 Å². The first kappa shape index (κ1) is 24.5. The molecule has 0 radical (unpaired) electrons. The molecule has 33 heavy (non-hydrogen) atoms. The van der Waals surface area contributed by atoms with Gasteiger partial charge in [-0.25, -0.2) is 0 Å².